The van der Waals surface area contributed by atoms with E-state index in [0.29, 0.717) is 19.5 Å². The maximum atomic E-state index is 12.0. The molecule has 0 heterocycles. The van der Waals surface area contributed by atoms with Crippen LogP contribution in [0.3, 0.4) is 0 Å². The second kappa shape index (κ2) is 8.40. The van der Waals surface area contributed by atoms with Gasteiger partial charge in [-0.15, -0.1) is 0 Å². The molecule has 6 heteroatoms. The molecule has 0 rings (SSSR count). The summed E-state index contributed by atoms with van der Waals surface area (Å²) in [6.45, 7) is 8.65. The van der Waals surface area contributed by atoms with Crippen LogP contribution in [0.25, 0.3) is 0 Å². The maximum absolute atomic E-state index is 12.0. The van der Waals surface area contributed by atoms with Crippen molar-refractivity contribution < 1.29 is 18.0 Å². The summed E-state index contributed by atoms with van der Waals surface area (Å²) in [5, 5.41) is 3.06. The number of likely N-dealkylation sites (N-methyl/N-ethyl adjacent to an activating group) is 1. The fourth-order valence-corrected chi connectivity index (χ4v) is 2.00. The summed E-state index contributed by atoms with van der Waals surface area (Å²) >= 11 is 0. The van der Waals surface area contributed by atoms with Crippen LogP contribution in [0.15, 0.2) is 0 Å². The van der Waals surface area contributed by atoms with Crippen molar-refractivity contribution in [1.29, 1.82) is 0 Å². The quantitative estimate of drug-likeness (QED) is 0.742. The minimum Gasteiger partial charge on any atom is -0.342 e. The standard InChI is InChI=1S/C13H25F3N2O/c1-5-18(6-2)12(19)11(4)17-10(3)8-7-9-13(14,15)16/h10-11,17H,5-9H2,1-4H3. The van der Waals surface area contributed by atoms with E-state index in [9.17, 15) is 18.0 Å². The average molecular weight is 282 g/mol. The van der Waals surface area contributed by atoms with Gasteiger partial charge in [0.25, 0.3) is 0 Å². The van der Waals surface area contributed by atoms with Crippen molar-refractivity contribution in [2.75, 3.05) is 13.1 Å². The molecular formula is C13H25F3N2O. The Hall–Kier alpha value is -0.780. The Morgan fingerprint density at radius 2 is 1.74 bits per heavy atom. The van der Waals surface area contributed by atoms with E-state index in [2.05, 4.69) is 5.32 Å². The van der Waals surface area contributed by atoms with E-state index in [0.717, 1.165) is 0 Å². The first-order chi connectivity index (χ1) is 8.71. The van der Waals surface area contributed by atoms with Crippen LogP contribution in [0.4, 0.5) is 13.2 Å². The summed E-state index contributed by atoms with van der Waals surface area (Å²) in [5.74, 6) is -0.00679. The zero-order valence-electron chi connectivity index (χ0n) is 12.2. The number of rotatable bonds is 8. The summed E-state index contributed by atoms with van der Waals surface area (Å²) in [4.78, 5) is 13.7. The third kappa shape index (κ3) is 8.08. The molecule has 0 aromatic heterocycles. The maximum Gasteiger partial charge on any atom is 0.389 e. The van der Waals surface area contributed by atoms with Gasteiger partial charge in [0.2, 0.25) is 5.91 Å². The van der Waals surface area contributed by atoms with Crippen molar-refractivity contribution in [1.82, 2.24) is 10.2 Å². The molecule has 3 nitrogen and oxygen atoms in total. The fraction of sp³-hybridized carbons (Fsp3) is 0.923. The van der Waals surface area contributed by atoms with Crippen LogP contribution >= 0.6 is 0 Å². The van der Waals surface area contributed by atoms with E-state index in [4.69, 9.17) is 0 Å². The first-order valence-corrected chi connectivity index (χ1v) is 6.82. The molecule has 0 aliphatic heterocycles. The van der Waals surface area contributed by atoms with Crippen molar-refractivity contribution in [2.24, 2.45) is 0 Å². The van der Waals surface area contributed by atoms with Gasteiger partial charge in [-0.25, -0.2) is 0 Å². The SMILES string of the molecule is CCN(CC)C(=O)C(C)NC(C)CCCC(F)(F)F. The zero-order chi connectivity index (χ0) is 15.1. The number of hydrogen-bond acceptors (Lipinski definition) is 2. The zero-order valence-corrected chi connectivity index (χ0v) is 12.2. The Morgan fingerprint density at radius 3 is 2.16 bits per heavy atom. The summed E-state index contributed by atoms with van der Waals surface area (Å²) < 4.78 is 36.0. The molecule has 0 saturated carbocycles. The highest BCUT2D eigenvalue weighted by Gasteiger charge is 2.26. The van der Waals surface area contributed by atoms with E-state index < -0.39 is 12.6 Å². The highest BCUT2D eigenvalue weighted by molar-refractivity contribution is 5.81. The Balaban J connectivity index is 4.04. The molecule has 2 unspecified atom stereocenters. The monoisotopic (exact) mass is 282 g/mol. The lowest BCUT2D eigenvalue weighted by atomic mass is 10.1. The van der Waals surface area contributed by atoms with Gasteiger partial charge < -0.3 is 10.2 Å². The second-order valence-corrected chi connectivity index (χ2v) is 4.81. The Morgan fingerprint density at radius 1 is 1.21 bits per heavy atom. The van der Waals surface area contributed by atoms with Gasteiger partial charge in [-0.1, -0.05) is 0 Å². The van der Waals surface area contributed by atoms with Crippen molar-refractivity contribution in [3.05, 3.63) is 0 Å². The summed E-state index contributed by atoms with van der Waals surface area (Å²) in [6, 6.07) is -0.461. The molecule has 0 bridgehead atoms. The lowest BCUT2D eigenvalue weighted by Crippen LogP contribution is -2.47. The highest BCUT2D eigenvalue weighted by atomic mass is 19.4. The molecule has 0 aliphatic carbocycles. The van der Waals surface area contributed by atoms with Crippen molar-refractivity contribution in [3.8, 4) is 0 Å². The van der Waals surface area contributed by atoms with Crippen LogP contribution in [0.1, 0.15) is 47.0 Å². The van der Waals surface area contributed by atoms with Gasteiger partial charge in [0.1, 0.15) is 0 Å². The van der Waals surface area contributed by atoms with E-state index in [1.807, 2.05) is 20.8 Å². The van der Waals surface area contributed by atoms with Gasteiger partial charge in [0, 0.05) is 25.6 Å². The number of nitrogens with one attached hydrogen (secondary N) is 1. The smallest absolute Gasteiger partial charge is 0.342 e. The molecule has 0 aromatic rings. The summed E-state index contributed by atoms with van der Waals surface area (Å²) in [6.07, 6.45) is -4.36. The predicted molar refractivity (Wildman–Crippen MR) is 69.9 cm³/mol. The van der Waals surface area contributed by atoms with Gasteiger partial charge in [0.15, 0.2) is 0 Å². The van der Waals surface area contributed by atoms with Crippen molar-refractivity contribution in [3.63, 3.8) is 0 Å². The first kappa shape index (κ1) is 18.2. The lowest BCUT2D eigenvalue weighted by molar-refractivity contribution is -0.136. The Bertz CT molecular complexity index is 265. The fourth-order valence-electron chi connectivity index (χ4n) is 2.00. The van der Waals surface area contributed by atoms with E-state index >= 15 is 0 Å². The van der Waals surface area contributed by atoms with Crippen molar-refractivity contribution >= 4 is 5.91 Å². The molecule has 0 radical (unpaired) electrons. The van der Waals surface area contributed by atoms with Gasteiger partial charge in [0.05, 0.1) is 6.04 Å². The number of hydrogen-bond donors (Lipinski definition) is 1. The molecule has 0 fully saturated rings. The third-order valence-electron chi connectivity index (χ3n) is 3.08. The molecule has 2 atom stereocenters. The highest BCUT2D eigenvalue weighted by Crippen LogP contribution is 2.22. The van der Waals surface area contributed by atoms with E-state index in [1.165, 1.54) is 0 Å². The van der Waals surface area contributed by atoms with E-state index in [-0.39, 0.29) is 24.4 Å². The minimum absolute atomic E-state index is 0.00679. The molecule has 19 heavy (non-hydrogen) atoms. The molecule has 0 aromatic carbocycles. The number of halogens is 3. The van der Waals surface area contributed by atoms with Gasteiger partial charge in [-0.3, -0.25) is 4.79 Å². The normalized spacial score (nSPS) is 15.1. The second-order valence-electron chi connectivity index (χ2n) is 4.81. The van der Waals surface area contributed by atoms with Crippen molar-refractivity contribution in [2.45, 2.75) is 65.2 Å². The number of carbonyl (C=O) groups is 1. The van der Waals surface area contributed by atoms with Crippen LogP contribution in [0, 0.1) is 0 Å². The third-order valence-corrected chi connectivity index (χ3v) is 3.08. The van der Waals surface area contributed by atoms with E-state index in [1.54, 1.807) is 11.8 Å². The topological polar surface area (TPSA) is 32.3 Å². The Kier molecular flexibility index (Phi) is 8.06. The van der Waals surface area contributed by atoms with Crippen LogP contribution in [0.5, 0.6) is 0 Å². The molecule has 0 spiro atoms. The summed E-state index contributed by atoms with van der Waals surface area (Å²) in [7, 11) is 0. The van der Waals surface area contributed by atoms with Crippen LogP contribution in [-0.2, 0) is 4.79 Å². The molecular weight excluding hydrogens is 257 g/mol. The number of nitrogens with zero attached hydrogens (tertiary/aromatic N) is 1. The number of carbonyl (C=O) groups excluding carboxylic acids is 1. The van der Waals surface area contributed by atoms with Gasteiger partial charge in [-0.2, -0.15) is 13.2 Å². The summed E-state index contributed by atoms with van der Waals surface area (Å²) in [5.41, 5.74) is 0. The lowest BCUT2D eigenvalue weighted by Gasteiger charge is -2.26. The predicted octanol–water partition coefficient (Wildman–Crippen LogP) is 2.95. The first-order valence-electron chi connectivity index (χ1n) is 6.82. The van der Waals surface area contributed by atoms with Gasteiger partial charge >= 0.3 is 6.18 Å². The molecule has 1 N–H and O–H groups in total. The van der Waals surface area contributed by atoms with Gasteiger partial charge in [-0.05, 0) is 40.5 Å². The molecule has 1 amide bonds. The molecule has 0 saturated heterocycles. The number of alkyl halides is 3. The van der Waals surface area contributed by atoms with Crippen LogP contribution in [0.2, 0.25) is 0 Å². The number of amides is 1. The Labute approximate surface area is 113 Å². The molecule has 0 aliphatic rings. The minimum atomic E-state index is -4.09. The average Bonchev–Trinajstić information content (AvgIpc) is 2.28. The molecule has 114 valence electrons. The largest absolute Gasteiger partial charge is 0.389 e. The van der Waals surface area contributed by atoms with Crippen LogP contribution < -0.4 is 5.32 Å². The van der Waals surface area contributed by atoms with Crippen LogP contribution in [-0.4, -0.2) is 42.2 Å².